The van der Waals surface area contributed by atoms with Crippen molar-refractivity contribution in [3.63, 3.8) is 0 Å². The van der Waals surface area contributed by atoms with Crippen molar-refractivity contribution in [1.29, 1.82) is 5.26 Å². The highest BCUT2D eigenvalue weighted by Crippen LogP contribution is 2.10. The first-order chi connectivity index (χ1) is 4.72. The first kappa shape index (κ1) is 9.23. The van der Waals surface area contributed by atoms with E-state index in [1.807, 2.05) is 13.8 Å². The van der Waals surface area contributed by atoms with Gasteiger partial charge in [0.05, 0.1) is 6.07 Å². The van der Waals surface area contributed by atoms with Crippen molar-refractivity contribution in [1.82, 2.24) is 0 Å². The molecule has 56 valence electrons. The molecule has 0 aliphatic heterocycles. The third-order valence-corrected chi connectivity index (χ3v) is 1.71. The van der Waals surface area contributed by atoms with Crippen molar-refractivity contribution in [3.8, 4) is 6.07 Å². The second-order valence-corrected chi connectivity index (χ2v) is 2.62. The van der Waals surface area contributed by atoms with Crippen LogP contribution in [0.5, 0.6) is 0 Å². The van der Waals surface area contributed by atoms with Crippen LogP contribution >= 0.6 is 0 Å². The lowest BCUT2D eigenvalue weighted by Gasteiger charge is -1.98. The maximum absolute atomic E-state index is 8.50. The zero-order valence-electron chi connectivity index (χ0n) is 7.07. The Bertz CT molecular complexity index is 160. The van der Waals surface area contributed by atoms with Crippen LogP contribution in [-0.4, -0.2) is 0 Å². The van der Waals surface area contributed by atoms with Crippen LogP contribution in [0.15, 0.2) is 11.1 Å². The van der Waals surface area contributed by atoms with E-state index in [9.17, 15) is 0 Å². The first-order valence-electron chi connectivity index (χ1n) is 3.78. The molecule has 0 rings (SSSR count). The molecule has 0 aliphatic rings. The summed E-state index contributed by atoms with van der Waals surface area (Å²) in [7, 11) is 0. The molecule has 0 aliphatic carbocycles. The minimum Gasteiger partial charge on any atom is -0.193 e. The van der Waals surface area contributed by atoms with Crippen molar-refractivity contribution in [2.45, 2.75) is 40.0 Å². The molecule has 0 saturated heterocycles. The molecular formula is C9H15N. The summed E-state index contributed by atoms with van der Waals surface area (Å²) in [6.45, 7) is 6.08. The molecule has 1 nitrogen and oxygen atoms in total. The largest absolute Gasteiger partial charge is 0.193 e. The van der Waals surface area contributed by atoms with Crippen molar-refractivity contribution in [2.24, 2.45) is 0 Å². The number of hydrogen-bond donors (Lipinski definition) is 0. The van der Waals surface area contributed by atoms with Gasteiger partial charge in [-0.3, -0.25) is 0 Å². The van der Waals surface area contributed by atoms with Crippen molar-refractivity contribution in [2.75, 3.05) is 0 Å². The summed E-state index contributed by atoms with van der Waals surface area (Å²) in [5, 5.41) is 8.50. The van der Waals surface area contributed by atoms with Gasteiger partial charge in [0, 0.05) is 5.57 Å². The Morgan fingerprint density at radius 1 is 1.40 bits per heavy atom. The number of hydrogen-bond acceptors (Lipinski definition) is 1. The van der Waals surface area contributed by atoms with Gasteiger partial charge in [0.1, 0.15) is 0 Å². The fraction of sp³-hybridized carbons (Fsp3) is 0.667. The smallest absolute Gasteiger partial charge is 0.0943 e. The Morgan fingerprint density at radius 2 is 2.00 bits per heavy atom. The summed E-state index contributed by atoms with van der Waals surface area (Å²) in [4.78, 5) is 0. The Balaban J connectivity index is 3.83. The number of unbranched alkanes of at least 4 members (excludes halogenated alkanes) is 1. The molecule has 0 fully saturated rings. The van der Waals surface area contributed by atoms with Crippen LogP contribution in [0.2, 0.25) is 0 Å². The van der Waals surface area contributed by atoms with Crippen LogP contribution in [0.25, 0.3) is 0 Å². The number of rotatable bonds is 3. The van der Waals surface area contributed by atoms with Gasteiger partial charge < -0.3 is 0 Å². The molecule has 0 saturated carbocycles. The van der Waals surface area contributed by atoms with Gasteiger partial charge in [0.2, 0.25) is 0 Å². The highest BCUT2D eigenvalue weighted by Gasteiger charge is 1.93. The lowest BCUT2D eigenvalue weighted by atomic mass is 10.1. The second kappa shape index (κ2) is 5.05. The van der Waals surface area contributed by atoms with Gasteiger partial charge in [-0.05, 0) is 26.7 Å². The van der Waals surface area contributed by atoms with Gasteiger partial charge in [-0.25, -0.2) is 0 Å². The molecule has 0 bridgehead atoms. The summed E-state index contributed by atoms with van der Waals surface area (Å²) < 4.78 is 0. The molecule has 0 aromatic rings. The van der Waals surface area contributed by atoms with E-state index in [2.05, 4.69) is 13.0 Å². The van der Waals surface area contributed by atoms with E-state index in [4.69, 9.17) is 5.26 Å². The summed E-state index contributed by atoms with van der Waals surface area (Å²) in [6, 6.07) is 2.15. The van der Waals surface area contributed by atoms with Gasteiger partial charge in [0.15, 0.2) is 0 Å². The van der Waals surface area contributed by atoms with Crippen LogP contribution < -0.4 is 0 Å². The fourth-order valence-electron chi connectivity index (χ4n) is 0.725. The monoisotopic (exact) mass is 137 g/mol. The Hall–Kier alpha value is -0.770. The standard InChI is InChI=1S/C9H15N/c1-4-5-6-8(2)9(3)7-10/h4-6H2,1-3H3. The zero-order chi connectivity index (χ0) is 7.98. The maximum atomic E-state index is 8.50. The van der Waals surface area contributed by atoms with Gasteiger partial charge >= 0.3 is 0 Å². The molecule has 0 aromatic carbocycles. The fourth-order valence-corrected chi connectivity index (χ4v) is 0.725. The van der Waals surface area contributed by atoms with Gasteiger partial charge in [-0.2, -0.15) is 5.26 Å². The molecule has 0 N–H and O–H groups in total. The first-order valence-corrected chi connectivity index (χ1v) is 3.78. The number of allylic oxidation sites excluding steroid dienone is 2. The van der Waals surface area contributed by atoms with Gasteiger partial charge in [0.25, 0.3) is 0 Å². The van der Waals surface area contributed by atoms with E-state index in [1.54, 1.807) is 0 Å². The molecule has 0 heterocycles. The lowest BCUT2D eigenvalue weighted by Crippen LogP contribution is -1.81. The van der Waals surface area contributed by atoms with E-state index >= 15 is 0 Å². The van der Waals surface area contributed by atoms with E-state index in [-0.39, 0.29) is 0 Å². The Kier molecular flexibility index (Phi) is 4.66. The van der Waals surface area contributed by atoms with Gasteiger partial charge in [-0.15, -0.1) is 0 Å². The quantitative estimate of drug-likeness (QED) is 0.548. The second-order valence-electron chi connectivity index (χ2n) is 2.62. The number of nitrogens with zero attached hydrogens (tertiary/aromatic N) is 1. The molecule has 0 radical (unpaired) electrons. The summed E-state index contributed by atoms with van der Waals surface area (Å²) in [5.74, 6) is 0. The predicted molar refractivity (Wildman–Crippen MR) is 43.5 cm³/mol. The van der Waals surface area contributed by atoms with Crippen LogP contribution in [0.4, 0.5) is 0 Å². The van der Waals surface area contributed by atoms with Crippen LogP contribution in [0, 0.1) is 11.3 Å². The Morgan fingerprint density at radius 3 is 2.40 bits per heavy atom. The highest BCUT2D eigenvalue weighted by molar-refractivity contribution is 5.23. The summed E-state index contributed by atoms with van der Waals surface area (Å²) >= 11 is 0. The third kappa shape index (κ3) is 3.29. The molecule has 0 spiro atoms. The molecule has 0 unspecified atom stereocenters. The highest BCUT2D eigenvalue weighted by atomic mass is 14.2. The average Bonchev–Trinajstić information content (AvgIpc) is 1.98. The molecule has 1 heteroatoms. The minimum atomic E-state index is 0.883. The average molecular weight is 137 g/mol. The SMILES string of the molecule is CCCCC(C)=C(C)C#N. The predicted octanol–water partition coefficient (Wildman–Crippen LogP) is 3.04. The number of nitriles is 1. The molecule has 10 heavy (non-hydrogen) atoms. The Labute approximate surface area is 63.4 Å². The van der Waals surface area contributed by atoms with Crippen LogP contribution in [0.1, 0.15) is 40.0 Å². The molecular weight excluding hydrogens is 122 g/mol. The molecule has 0 aromatic heterocycles. The van der Waals surface area contributed by atoms with Crippen molar-refractivity contribution in [3.05, 3.63) is 11.1 Å². The van der Waals surface area contributed by atoms with E-state index in [0.29, 0.717) is 0 Å². The van der Waals surface area contributed by atoms with Crippen LogP contribution in [0.3, 0.4) is 0 Å². The maximum Gasteiger partial charge on any atom is 0.0943 e. The summed E-state index contributed by atoms with van der Waals surface area (Å²) in [6.07, 6.45) is 3.48. The minimum absolute atomic E-state index is 0.883. The topological polar surface area (TPSA) is 23.8 Å². The van der Waals surface area contributed by atoms with Gasteiger partial charge in [-0.1, -0.05) is 18.9 Å². The zero-order valence-corrected chi connectivity index (χ0v) is 7.07. The third-order valence-electron chi connectivity index (χ3n) is 1.71. The normalized spacial score (nSPS) is 12.2. The van der Waals surface area contributed by atoms with E-state index in [0.717, 1.165) is 12.0 Å². The molecule has 0 atom stereocenters. The lowest BCUT2D eigenvalue weighted by molar-refractivity contribution is 0.783. The van der Waals surface area contributed by atoms with Crippen molar-refractivity contribution >= 4 is 0 Å². The van der Waals surface area contributed by atoms with E-state index in [1.165, 1.54) is 18.4 Å². The van der Waals surface area contributed by atoms with Crippen LogP contribution in [-0.2, 0) is 0 Å². The molecule has 0 amide bonds. The summed E-state index contributed by atoms with van der Waals surface area (Å²) in [5.41, 5.74) is 2.12. The van der Waals surface area contributed by atoms with Crippen molar-refractivity contribution < 1.29 is 0 Å². The van der Waals surface area contributed by atoms with E-state index < -0.39 is 0 Å².